The third kappa shape index (κ3) is 26.9. The highest BCUT2D eigenvalue weighted by Gasteiger charge is 2.44. The Bertz CT molecular complexity index is 938. The lowest BCUT2D eigenvalue weighted by molar-refractivity contribution is -0.305. The van der Waals surface area contributed by atoms with Gasteiger partial charge in [0.1, 0.15) is 31.0 Å². The van der Waals surface area contributed by atoms with E-state index in [1.54, 1.807) is 0 Å². The summed E-state index contributed by atoms with van der Waals surface area (Å²) >= 11 is 0. The van der Waals surface area contributed by atoms with Crippen molar-refractivity contribution in [3.8, 4) is 0 Å². The molecule has 316 valence electrons. The summed E-state index contributed by atoms with van der Waals surface area (Å²) in [7, 11) is 0. The minimum absolute atomic E-state index is 0.200. The van der Waals surface area contributed by atoms with Crippen LogP contribution in [0.4, 0.5) is 0 Å². The van der Waals surface area contributed by atoms with Crippen LogP contribution in [-0.2, 0) is 28.5 Å². The molecule has 0 aliphatic carbocycles. The van der Waals surface area contributed by atoms with Crippen LogP contribution in [-0.4, -0.2) is 89.0 Å². The summed E-state index contributed by atoms with van der Waals surface area (Å²) in [4.78, 5) is 25.3. The molecule has 0 spiro atoms. The maximum Gasteiger partial charge on any atom is 0.306 e. The van der Waals surface area contributed by atoms with Crippen LogP contribution in [0.15, 0.2) is 24.3 Å². The molecule has 1 fully saturated rings. The van der Waals surface area contributed by atoms with Crippen LogP contribution in [0.2, 0.25) is 0 Å². The zero-order chi connectivity index (χ0) is 39.5. The topological polar surface area (TPSA) is 152 Å². The SMILES string of the molecule is CCCCCCC/C=C/CCCCCCCC(=O)OC[C@H](CO[C@@H]1O[C@H](CO)[C@H](O)C(O)C1O)OC(=O)CCCC/C=C/CCCCCCCCCCC. The van der Waals surface area contributed by atoms with Gasteiger partial charge in [0.25, 0.3) is 0 Å². The summed E-state index contributed by atoms with van der Waals surface area (Å²) in [5, 5.41) is 40.0. The number of hydrogen-bond donors (Lipinski definition) is 4. The highest BCUT2D eigenvalue weighted by Crippen LogP contribution is 2.22. The van der Waals surface area contributed by atoms with E-state index < -0.39 is 49.4 Å². The molecule has 1 aliphatic rings. The summed E-state index contributed by atoms with van der Waals surface area (Å²) in [6.45, 7) is 3.38. The number of aliphatic hydroxyl groups excluding tert-OH is 4. The van der Waals surface area contributed by atoms with Gasteiger partial charge >= 0.3 is 11.9 Å². The standard InChI is InChI=1S/C44H80O10/c1-3-5-7-9-11-13-15-17-19-21-23-25-27-29-31-33-40(47)53-37(36-52-44-43(50)42(49)41(48)38(34-45)54-44)35-51-39(46)32-30-28-26-24-22-20-18-16-14-12-10-8-6-4-2/h16,18,23,25,37-38,41-45,48-50H,3-15,17,19-22,24,26-36H2,1-2H3/b18-16+,25-23+/t37-,38-,41+,42?,43?,44-/m1/s1. The van der Waals surface area contributed by atoms with Crippen molar-refractivity contribution in [2.45, 2.75) is 224 Å². The number of esters is 2. The molecule has 4 N–H and O–H groups in total. The van der Waals surface area contributed by atoms with Crippen LogP contribution in [0.1, 0.15) is 187 Å². The van der Waals surface area contributed by atoms with Crippen molar-refractivity contribution in [3.63, 3.8) is 0 Å². The Labute approximate surface area is 328 Å². The van der Waals surface area contributed by atoms with E-state index in [9.17, 15) is 30.0 Å². The van der Waals surface area contributed by atoms with E-state index in [4.69, 9.17) is 18.9 Å². The van der Waals surface area contributed by atoms with Gasteiger partial charge in [0.05, 0.1) is 13.2 Å². The van der Waals surface area contributed by atoms with E-state index in [0.717, 1.165) is 51.4 Å². The molecule has 0 aromatic carbocycles. The molecule has 6 atom stereocenters. The van der Waals surface area contributed by atoms with Gasteiger partial charge in [0.15, 0.2) is 12.4 Å². The quantitative estimate of drug-likeness (QED) is 0.0276. The van der Waals surface area contributed by atoms with E-state index in [1.807, 2.05) is 0 Å². The number of rotatable bonds is 36. The fourth-order valence-corrected chi connectivity index (χ4v) is 6.53. The molecule has 1 saturated heterocycles. The summed E-state index contributed by atoms with van der Waals surface area (Å²) in [6.07, 6.45) is 30.4. The lowest BCUT2D eigenvalue weighted by Crippen LogP contribution is -2.59. The first kappa shape index (κ1) is 50.2. The lowest BCUT2D eigenvalue weighted by Gasteiger charge is -2.39. The smallest absolute Gasteiger partial charge is 0.306 e. The van der Waals surface area contributed by atoms with Crippen LogP contribution < -0.4 is 0 Å². The average molecular weight is 769 g/mol. The van der Waals surface area contributed by atoms with Crippen LogP contribution in [0.3, 0.4) is 0 Å². The summed E-state index contributed by atoms with van der Waals surface area (Å²) in [5.41, 5.74) is 0. The molecule has 10 heteroatoms. The predicted molar refractivity (Wildman–Crippen MR) is 215 cm³/mol. The molecule has 0 aromatic rings. The van der Waals surface area contributed by atoms with E-state index in [1.165, 1.54) is 96.3 Å². The van der Waals surface area contributed by atoms with Gasteiger partial charge in [-0.3, -0.25) is 9.59 Å². The molecule has 10 nitrogen and oxygen atoms in total. The van der Waals surface area contributed by atoms with E-state index in [2.05, 4.69) is 38.2 Å². The first-order chi connectivity index (χ1) is 26.3. The second-order valence-corrected chi connectivity index (χ2v) is 15.1. The molecule has 1 aliphatic heterocycles. The van der Waals surface area contributed by atoms with Gasteiger partial charge in [0, 0.05) is 12.8 Å². The Morgan fingerprint density at radius 2 is 0.981 bits per heavy atom. The van der Waals surface area contributed by atoms with Crippen LogP contribution in [0.5, 0.6) is 0 Å². The van der Waals surface area contributed by atoms with Crippen molar-refractivity contribution in [3.05, 3.63) is 24.3 Å². The van der Waals surface area contributed by atoms with Crippen molar-refractivity contribution >= 4 is 11.9 Å². The second-order valence-electron chi connectivity index (χ2n) is 15.1. The maximum atomic E-state index is 12.7. The van der Waals surface area contributed by atoms with Gasteiger partial charge in [-0.2, -0.15) is 0 Å². The summed E-state index contributed by atoms with van der Waals surface area (Å²) in [6, 6.07) is 0. The van der Waals surface area contributed by atoms with Crippen LogP contribution in [0, 0.1) is 0 Å². The zero-order valence-corrected chi connectivity index (χ0v) is 34.2. The van der Waals surface area contributed by atoms with E-state index in [0.29, 0.717) is 12.8 Å². The number of unbranched alkanes of at least 4 members (excludes halogenated alkanes) is 21. The highest BCUT2D eigenvalue weighted by atomic mass is 16.7. The van der Waals surface area contributed by atoms with Crippen LogP contribution in [0.25, 0.3) is 0 Å². The Morgan fingerprint density at radius 1 is 0.556 bits per heavy atom. The van der Waals surface area contributed by atoms with Crippen molar-refractivity contribution in [2.24, 2.45) is 0 Å². The molecule has 54 heavy (non-hydrogen) atoms. The lowest BCUT2D eigenvalue weighted by atomic mass is 9.99. The Balaban J connectivity index is 2.36. The monoisotopic (exact) mass is 769 g/mol. The normalized spacial score (nSPS) is 20.9. The molecule has 2 unspecified atom stereocenters. The van der Waals surface area contributed by atoms with Gasteiger partial charge < -0.3 is 39.4 Å². The highest BCUT2D eigenvalue weighted by molar-refractivity contribution is 5.70. The number of carbonyl (C=O) groups excluding carboxylic acids is 2. The Hall–Kier alpha value is -1.82. The summed E-state index contributed by atoms with van der Waals surface area (Å²) in [5.74, 6) is -0.839. The second kappa shape index (κ2) is 35.6. The molecule has 1 rings (SSSR count). The molecule has 0 saturated carbocycles. The van der Waals surface area contributed by atoms with E-state index in [-0.39, 0.29) is 32.0 Å². The molecule has 0 aromatic heterocycles. The van der Waals surface area contributed by atoms with Crippen molar-refractivity contribution in [1.82, 2.24) is 0 Å². The maximum absolute atomic E-state index is 12.7. The van der Waals surface area contributed by atoms with Crippen molar-refractivity contribution in [1.29, 1.82) is 0 Å². The number of ether oxygens (including phenoxy) is 4. The number of hydrogen-bond acceptors (Lipinski definition) is 10. The minimum atomic E-state index is -1.60. The zero-order valence-electron chi connectivity index (χ0n) is 34.2. The minimum Gasteiger partial charge on any atom is -0.462 e. The van der Waals surface area contributed by atoms with Crippen molar-refractivity contribution in [2.75, 3.05) is 19.8 Å². The number of allylic oxidation sites excluding steroid dienone is 4. The van der Waals surface area contributed by atoms with Gasteiger partial charge in [0.2, 0.25) is 0 Å². The van der Waals surface area contributed by atoms with Gasteiger partial charge in [-0.15, -0.1) is 0 Å². The molecule has 0 bridgehead atoms. The molecular formula is C44H80O10. The van der Waals surface area contributed by atoms with Crippen molar-refractivity contribution < 1.29 is 49.0 Å². The average Bonchev–Trinajstić information content (AvgIpc) is 3.17. The number of aliphatic hydroxyl groups is 4. The first-order valence-corrected chi connectivity index (χ1v) is 21.9. The Kier molecular flexibility index (Phi) is 33.1. The molecular weight excluding hydrogens is 688 g/mol. The van der Waals surface area contributed by atoms with Gasteiger partial charge in [-0.1, -0.05) is 134 Å². The summed E-state index contributed by atoms with van der Waals surface area (Å²) < 4.78 is 22.1. The molecule has 0 amide bonds. The number of carbonyl (C=O) groups is 2. The van der Waals surface area contributed by atoms with Gasteiger partial charge in [-0.05, 0) is 64.2 Å². The molecule has 1 heterocycles. The third-order valence-electron chi connectivity index (χ3n) is 10.1. The van der Waals surface area contributed by atoms with Gasteiger partial charge in [-0.25, -0.2) is 0 Å². The largest absolute Gasteiger partial charge is 0.462 e. The fraction of sp³-hybridized carbons (Fsp3) is 0.864. The predicted octanol–water partition coefficient (Wildman–Crippen LogP) is 8.94. The first-order valence-electron chi connectivity index (χ1n) is 21.9. The van der Waals surface area contributed by atoms with Crippen LogP contribution >= 0.6 is 0 Å². The fourth-order valence-electron chi connectivity index (χ4n) is 6.53. The molecule has 0 radical (unpaired) electrons. The Morgan fingerprint density at radius 3 is 1.48 bits per heavy atom. The van der Waals surface area contributed by atoms with E-state index >= 15 is 0 Å². The third-order valence-corrected chi connectivity index (χ3v) is 10.1.